The van der Waals surface area contributed by atoms with Crippen molar-refractivity contribution in [3.63, 3.8) is 0 Å². The van der Waals surface area contributed by atoms with Crippen LogP contribution in [0.15, 0.2) is 54.9 Å². The molecule has 0 aliphatic rings. The summed E-state index contributed by atoms with van der Waals surface area (Å²) in [6.07, 6.45) is -3.22. The summed E-state index contributed by atoms with van der Waals surface area (Å²) in [6, 6.07) is 10.5. The minimum absolute atomic E-state index is 0.0419. The van der Waals surface area contributed by atoms with Gasteiger partial charge in [-0.3, -0.25) is 0 Å². The van der Waals surface area contributed by atoms with Gasteiger partial charge in [-0.2, -0.15) is 18.2 Å². The van der Waals surface area contributed by atoms with Crippen molar-refractivity contribution >= 4 is 23.2 Å². The lowest BCUT2D eigenvalue weighted by molar-refractivity contribution is -0.137. The summed E-state index contributed by atoms with van der Waals surface area (Å²) in [6.45, 7) is 0. The van der Waals surface area contributed by atoms with Gasteiger partial charge in [0, 0.05) is 5.69 Å². The van der Waals surface area contributed by atoms with Crippen LogP contribution in [-0.4, -0.2) is 23.0 Å². The molecular weight excluding hydrogens is 389 g/mol. The molecule has 10 heteroatoms. The molecule has 0 fully saturated rings. The Bertz CT molecular complexity index is 1010. The van der Waals surface area contributed by atoms with Gasteiger partial charge in [0.1, 0.15) is 17.8 Å². The van der Waals surface area contributed by atoms with Gasteiger partial charge >= 0.3 is 12.1 Å². The van der Waals surface area contributed by atoms with Crippen molar-refractivity contribution in [2.45, 2.75) is 6.18 Å². The van der Waals surface area contributed by atoms with Crippen LogP contribution in [0.2, 0.25) is 0 Å². The predicted octanol–water partition coefficient (Wildman–Crippen LogP) is 4.40. The number of nitrogens with one attached hydrogen (secondary N) is 1. The first kappa shape index (κ1) is 19.9. The van der Waals surface area contributed by atoms with Gasteiger partial charge < -0.3 is 20.5 Å². The highest BCUT2D eigenvalue weighted by Gasteiger charge is 2.30. The zero-order valence-electron chi connectivity index (χ0n) is 15.0. The fourth-order valence-electron chi connectivity index (χ4n) is 2.33. The Morgan fingerprint density at radius 2 is 1.69 bits per heavy atom. The molecule has 0 bridgehead atoms. The molecule has 150 valence electrons. The average Bonchev–Trinajstić information content (AvgIpc) is 2.70. The van der Waals surface area contributed by atoms with Crippen molar-refractivity contribution < 1.29 is 27.4 Å². The molecule has 0 amide bonds. The van der Waals surface area contributed by atoms with Crippen LogP contribution in [0.5, 0.6) is 11.6 Å². The van der Waals surface area contributed by atoms with Gasteiger partial charge in [-0.15, -0.1) is 0 Å². The van der Waals surface area contributed by atoms with Crippen molar-refractivity contribution in [2.75, 3.05) is 18.2 Å². The largest absolute Gasteiger partial charge is 0.465 e. The Kier molecular flexibility index (Phi) is 5.53. The van der Waals surface area contributed by atoms with Crippen molar-refractivity contribution in [2.24, 2.45) is 0 Å². The molecule has 0 spiro atoms. The number of hydrogen-bond donors (Lipinski definition) is 2. The molecule has 29 heavy (non-hydrogen) atoms. The molecule has 0 radical (unpaired) electrons. The van der Waals surface area contributed by atoms with E-state index >= 15 is 0 Å². The SMILES string of the molecule is COC(=O)c1ccc(Oc2ncnc(Nc3ccc(C(F)(F)F)cc3)c2N)cc1. The van der Waals surface area contributed by atoms with Crippen LogP contribution in [-0.2, 0) is 10.9 Å². The van der Waals surface area contributed by atoms with Crippen LogP contribution in [0.4, 0.5) is 30.4 Å². The first-order valence-electron chi connectivity index (χ1n) is 8.19. The van der Waals surface area contributed by atoms with Crippen LogP contribution >= 0.6 is 0 Å². The van der Waals surface area contributed by atoms with Crippen LogP contribution in [0.1, 0.15) is 15.9 Å². The standard InChI is InChI=1S/C19H15F3N4O3/c1-28-18(27)11-2-8-14(9-3-11)29-17-15(23)16(24-10-25-17)26-13-6-4-12(5-7-13)19(20,21)22/h2-10H,23H2,1H3,(H,24,25,26). The highest BCUT2D eigenvalue weighted by molar-refractivity contribution is 5.89. The number of hydrogen-bond acceptors (Lipinski definition) is 7. The van der Waals surface area contributed by atoms with Gasteiger partial charge in [0.25, 0.3) is 0 Å². The molecule has 0 aliphatic carbocycles. The second kappa shape index (κ2) is 8.05. The number of alkyl halides is 3. The maximum Gasteiger partial charge on any atom is 0.416 e. The van der Waals surface area contributed by atoms with Gasteiger partial charge in [-0.25, -0.2) is 9.78 Å². The van der Waals surface area contributed by atoms with E-state index in [4.69, 9.17) is 10.5 Å². The number of aromatic nitrogens is 2. The van der Waals surface area contributed by atoms with Gasteiger partial charge in [0.2, 0.25) is 5.88 Å². The number of nitrogen functional groups attached to an aromatic ring is 1. The molecule has 7 nitrogen and oxygen atoms in total. The van der Waals surface area contributed by atoms with E-state index in [1.165, 1.54) is 49.8 Å². The van der Waals surface area contributed by atoms with Crippen LogP contribution in [0.25, 0.3) is 0 Å². The quantitative estimate of drug-likeness (QED) is 0.608. The summed E-state index contributed by atoms with van der Waals surface area (Å²) in [5.74, 6) is 0.0887. The lowest BCUT2D eigenvalue weighted by Gasteiger charge is -2.13. The molecule has 3 N–H and O–H groups in total. The number of carbonyl (C=O) groups excluding carboxylic acids is 1. The molecule has 1 heterocycles. The first-order chi connectivity index (χ1) is 13.8. The summed E-state index contributed by atoms with van der Waals surface area (Å²) in [4.78, 5) is 19.4. The van der Waals surface area contributed by atoms with Crippen molar-refractivity contribution in [1.82, 2.24) is 9.97 Å². The summed E-state index contributed by atoms with van der Waals surface area (Å²) in [5, 5.41) is 2.82. The summed E-state index contributed by atoms with van der Waals surface area (Å²) in [7, 11) is 1.28. The fraction of sp³-hybridized carbons (Fsp3) is 0.105. The number of methoxy groups -OCH3 is 1. The topological polar surface area (TPSA) is 99.4 Å². The van der Waals surface area contributed by atoms with E-state index in [0.29, 0.717) is 17.0 Å². The van der Waals surface area contributed by atoms with E-state index < -0.39 is 17.7 Å². The maximum absolute atomic E-state index is 12.7. The number of rotatable bonds is 5. The zero-order chi connectivity index (χ0) is 21.0. The Labute approximate surface area is 163 Å². The van der Waals surface area contributed by atoms with Crippen LogP contribution in [0, 0.1) is 0 Å². The molecule has 0 saturated heterocycles. The number of nitrogens with two attached hydrogens (primary N) is 1. The van der Waals surface area contributed by atoms with E-state index in [2.05, 4.69) is 20.0 Å². The van der Waals surface area contributed by atoms with Gasteiger partial charge in [-0.05, 0) is 48.5 Å². The molecule has 0 atom stereocenters. The average molecular weight is 404 g/mol. The Morgan fingerprint density at radius 3 is 2.28 bits per heavy atom. The molecule has 2 aromatic carbocycles. The maximum atomic E-state index is 12.7. The van der Waals surface area contributed by atoms with E-state index in [1.54, 1.807) is 0 Å². The summed E-state index contributed by atoms with van der Waals surface area (Å²) >= 11 is 0. The number of anilines is 3. The number of nitrogens with zero attached hydrogens (tertiary/aromatic N) is 2. The summed E-state index contributed by atoms with van der Waals surface area (Å²) < 4.78 is 48.2. The summed E-state index contributed by atoms with van der Waals surface area (Å²) in [5.41, 5.74) is 6.01. The molecule has 1 aromatic heterocycles. The highest BCUT2D eigenvalue weighted by Crippen LogP contribution is 2.33. The smallest absolute Gasteiger partial charge is 0.416 e. The molecule has 3 aromatic rings. The number of halogens is 3. The number of esters is 1. The zero-order valence-corrected chi connectivity index (χ0v) is 15.0. The monoisotopic (exact) mass is 404 g/mol. The van der Waals surface area contributed by atoms with Crippen LogP contribution < -0.4 is 15.8 Å². The normalized spacial score (nSPS) is 11.0. The Balaban J connectivity index is 1.76. The molecule has 0 saturated carbocycles. The second-order valence-electron chi connectivity index (χ2n) is 5.76. The molecular formula is C19H15F3N4O3. The van der Waals surface area contributed by atoms with Crippen LogP contribution in [0.3, 0.4) is 0 Å². The number of carbonyl (C=O) groups is 1. The van der Waals surface area contributed by atoms with Crippen molar-refractivity contribution in [1.29, 1.82) is 0 Å². The third kappa shape index (κ3) is 4.72. The van der Waals surface area contributed by atoms with Gasteiger partial charge in [-0.1, -0.05) is 0 Å². The second-order valence-corrected chi connectivity index (χ2v) is 5.76. The third-order valence-corrected chi connectivity index (χ3v) is 3.81. The first-order valence-corrected chi connectivity index (χ1v) is 8.19. The van der Waals surface area contributed by atoms with E-state index in [0.717, 1.165) is 12.1 Å². The Morgan fingerprint density at radius 1 is 1.03 bits per heavy atom. The molecule has 0 aliphatic heterocycles. The lowest BCUT2D eigenvalue weighted by Crippen LogP contribution is -2.05. The van der Waals surface area contributed by atoms with Crippen molar-refractivity contribution in [3.8, 4) is 11.6 Å². The minimum atomic E-state index is -4.42. The van der Waals surface area contributed by atoms with E-state index in [9.17, 15) is 18.0 Å². The minimum Gasteiger partial charge on any atom is -0.465 e. The Hall–Kier alpha value is -3.82. The van der Waals surface area contributed by atoms with E-state index in [-0.39, 0.29) is 17.4 Å². The number of benzene rings is 2. The number of ether oxygens (including phenoxy) is 2. The van der Waals surface area contributed by atoms with Gasteiger partial charge in [0.15, 0.2) is 5.82 Å². The molecule has 0 unspecified atom stereocenters. The van der Waals surface area contributed by atoms with E-state index in [1.807, 2.05) is 0 Å². The lowest BCUT2D eigenvalue weighted by atomic mass is 10.2. The third-order valence-electron chi connectivity index (χ3n) is 3.81. The predicted molar refractivity (Wildman–Crippen MR) is 99.0 cm³/mol. The molecule has 3 rings (SSSR count). The van der Waals surface area contributed by atoms with Gasteiger partial charge in [0.05, 0.1) is 18.2 Å². The fourth-order valence-corrected chi connectivity index (χ4v) is 2.33. The highest BCUT2D eigenvalue weighted by atomic mass is 19.4. The van der Waals surface area contributed by atoms with Crippen molar-refractivity contribution in [3.05, 3.63) is 66.0 Å².